The van der Waals surface area contributed by atoms with Gasteiger partial charge in [-0.2, -0.15) is 0 Å². The summed E-state index contributed by atoms with van der Waals surface area (Å²) < 4.78 is 6.69. The Labute approximate surface area is 130 Å². The number of benzene rings is 2. The van der Waals surface area contributed by atoms with Gasteiger partial charge in [0.2, 0.25) is 0 Å². The van der Waals surface area contributed by atoms with Crippen LogP contribution in [0.4, 0.5) is 0 Å². The lowest BCUT2D eigenvalue weighted by Crippen LogP contribution is -2.66. The Balaban J connectivity index is 1.76. The van der Waals surface area contributed by atoms with Crippen molar-refractivity contribution >= 4 is 0 Å². The molecule has 4 bridgehead atoms. The summed E-state index contributed by atoms with van der Waals surface area (Å²) >= 11 is 0. The zero-order chi connectivity index (χ0) is 14.5. The van der Waals surface area contributed by atoms with E-state index in [0.717, 1.165) is 13.3 Å². The van der Waals surface area contributed by atoms with Crippen LogP contribution in [0.2, 0.25) is 0 Å². The topological polar surface area (TPSA) is 12.5 Å². The standard InChI is InChI=1S/C20H19NO/c1-21-11-19-10-15-13-6-2-4-8-16(13)20(19,22-12-21)17-9-5-3-7-14(17)18(15)19/h2-9,15,18H,10-12H2,1H3/t15-,18+,19+,20-/m1/s1. The van der Waals surface area contributed by atoms with Gasteiger partial charge in [0, 0.05) is 17.9 Å². The van der Waals surface area contributed by atoms with E-state index in [1.807, 2.05) is 0 Å². The highest BCUT2D eigenvalue weighted by molar-refractivity contribution is 5.64. The van der Waals surface area contributed by atoms with E-state index in [9.17, 15) is 0 Å². The third-order valence-corrected chi connectivity index (χ3v) is 6.75. The third-order valence-electron chi connectivity index (χ3n) is 6.75. The molecule has 0 aromatic heterocycles. The van der Waals surface area contributed by atoms with E-state index >= 15 is 0 Å². The van der Waals surface area contributed by atoms with Gasteiger partial charge >= 0.3 is 0 Å². The van der Waals surface area contributed by atoms with Crippen LogP contribution in [0.3, 0.4) is 0 Å². The molecule has 0 amide bonds. The second kappa shape index (κ2) is 3.47. The van der Waals surface area contributed by atoms with Crippen molar-refractivity contribution in [2.75, 3.05) is 20.3 Å². The fraction of sp³-hybridized carbons (Fsp3) is 0.400. The maximum atomic E-state index is 6.69. The van der Waals surface area contributed by atoms with Crippen LogP contribution in [0.25, 0.3) is 0 Å². The van der Waals surface area contributed by atoms with Crippen molar-refractivity contribution in [2.24, 2.45) is 5.41 Å². The van der Waals surface area contributed by atoms with Gasteiger partial charge in [0.15, 0.2) is 0 Å². The smallest absolute Gasteiger partial charge is 0.128 e. The number of rotatable bonds is 0. The molecule has 110 valence electrons. The van der Waals surface area contributed by atoms with Crippen molar-refractivity contribution in [1.82, 2.24) is 4.90 Å². The highest BCUT2D eigenvalue weighted by Crippen LogP contribution is 2.80. The van der Waals surface area contributed by atoms with Gasteiger partial charge in [-0.25, -0.2) is 0 Å². The second-order valence-corrected chi connectivity index (χ2v) is 7.59. The maximum Gasteiger partial charge on any atom is 0.128 e. The fourth-order valence-corrected chi connectivity index (χ4v) is 6.25. The van der Waals surface area contributed by atoms with Crippen molar-refractivity contribution in [3.05, 3.63) is 70.8 Å². The molecule has 1 saturated carbocycles. The Bertz CT molecular complexity index is 815. The number of ether oxygens (including phenoxy) is 1. The average molecular weight is 289 g/mol. The van der Waals surface area contributed by atoms with Gasteiger partial charge in [0.1, 0.15) is 12.3 Å². The minimum atomic E-state index is -0.202. The van der Waals surface area contributed by atoms with Crippen LogP contribution in [0.15, 0.2) is 48.5 Å². The first kappa shape index (κ1) is 11.9. The van der Waals surface area contributed by atoms with E-state index < -0.39 is 0 Å². The van der Waals surface area contributed by atoms with Gasteiger partial charge < -0.3 is 4.74 Å². The quantitative estimate of drug-likeness (QED) is 0.736. The van der Waals surface area contributed by atoms with Crippen molar-refractivity contribution in [3.63, 3.8) is 0 Å². The molecule has 0 radical (unpaired) electrons. The van der Waals surface area contributed by atoms with Gasteiger partial charge in [0.05, 0.1) is 0 Å². The van der Waals surface area contributed by atoms with Crippen LogP contribution in [0.5, 0.6) is 0 Å². The molecule has 4 aliphatic rings. The van der Waals surface area contributed by atoms with Crippen LogP contribution >= 0.6 is 0 Å². The molecule has 0 N–H and O–H groups in total. The molecule has 1 saturated heterocycles. The van der Waals surface area contributed by atoms with Gasteiger partial charge in [-0.1, -0.05) is 48.5 Å². The van der Waals surface area contributed by atoms with Gasteiger partial charge in [-0.05, 0) is 41.6 Å². The molecule has 2 nitrogen and oxygen atoms in total. The van der Waals surface area contributed by atoms with E-state index in [4.69, 9.17) is 4.74 Å². The molecular formula is C20H19NO. The first-order valence-corrected chi connectivity index (χ1v) is 8.29. The highest BCUT2D eigenvalue weighted by Gasteiger charge is 2.77. The number of hydrogen-bond donors (Lipinski definition) is 0. The summed E-state index contributed by atoms with van der Waals surface area (Å²) in [5.41, 5.74) is 6.02. The second-order valence-electron chi connectivity index (χ2n) is 7.59. The van der Waals surface area contributed by atoms with Gasteiger partial charge in [-0.3, -0.25) is 4.90 Å². The summed E-state index contributed by atoms with van der Waals surface area (Å²) in [5, 5.41) is 0. The average Bonchev–Trinajstić information content (AvgIpc) is 2.67. The zero-order valence-corrected chi connectivity index (χ0v) is 12.8. The van der Waals surface area contributed by atoms with Crippen LogP contribution < -0.4 is 0 Å². The third kappa shape index (κ3) is 0.974. The first-order valence-electron chi connectivity index (χ1n) is 8.29. The Morgan fingerprint density at radius 2 is 1.68 bits per heavy atom. The Morgan fingerprint density at radius 1 is 1.00 bits per heavy atom. The molecule has 6 rings (SSSR count). The molecule has 2 aromatic carbocycles. The summed E-state index contributed by atoms with van der Waals surface area (Å²) in [7, 11) is 2.19. The molecule has 1 aliphatic heterocycles. The van der Waals surface area contributed by atoms with Crippen LogP contribution in [0, 0.1) is 5.41 Å². The lowest BCUT2D eigenvalue weighted by Gasteiger charge is -2.67. The number of hydrogen-bond acceptors (Lipinski definition) is 2. The molecule has 1 heterocycles. The summed E-state index contributed by atoms with van der Waals surface area (Å²) in [6.07, 6.45) is 1.27. The zero-order valence-electron chi connectivity index (χ0n) is 12.8. The molecule has 2 aromatic rings. The first-order chi connectivity index (χ1) is 10.8. The van der Waals surface area contributed by atoms with E-state index in [1.54, 1.807) is 5.56 Å². The molecule has 0 unspecified atom stereocenters. The summed E-state index contributed by atoms with van der Waals surface area (Å²) in [6, 6.07) is 18.1. The summed E-state index contributed by atoms with van der Waals surface area (Å²) in [4.78, 5) is 2.36. The molecule has 2 fully saturated rings. The Morgan fingerprint density at radius 3 is 2.50 bits per heavy atom. The van der Waals surface area contributed by atoms with Crippen LogP contribution in [-0.4, -0.2) is 25.2 Å². The Hall–Kier alpha value is -1.64. The fourth-order valence-electron chi connectivity index (χ4n) is 6.25. The minimum Gasteiger partial charge on any atom is -0.349 e. The monoisotopic (exact) mass is 289 g/mol. The Kier molecular flexibility index (Phi) is 1.87. The van der Waals surface area contributed by atoms with E-state index in [1.165, 1.54) is 23.1 Å². The molecule has 3 aliphatic carbocycles. The van der Waals surface area contributed by atoms with Gasteiger partial charge in [-0.15, -0.1) is 0 Å². The minimum absolute atomic E-state index is 0.202. The molecule has 22 heavy (non-hydrogen) atoms. The van der Waals surface area contributed by atoms with Crippen LogP contribution in [0.1, 0.15) is 40.5 Å². The predicted octanol–water partition coefficient (Wildman–Crippen LogP) is 3.43. The van der Waals surface area contributed by atoms with Crippen molar-refractivity contribution in [1.29, 1.82) is 0 Å². The molecule has 2 heteroatoms. The van der Waals surface area contributed by atoms with Crippen molar-refractivity contribution in [3.8, 4) is 0 Å². The lowest BCUT2D eigenvalue weighted by molar-refractivity contribution is -0.237. The molecule has 4 atom stereocenters. The molecular weight excluding hydrogens is 270 g/mol. The van der Waals surface area contributed by atoms with Crippen molar-refractivity contribution in [2.45, 2.75) is 23.9 Å². The highest BCUT2D eigenvalue weighted by atomic mass is 16.5. The van der Waals surface area contributed by atoms with Gasteiger partial charge in [0.25, 0.3) is 0 Å². The maximum absolute atomic E-state index is 6.69. The normalized spacial score (nSPS) is 40.4. The SMILES string of the molecule is CN1CO[C@@]23c4ccccc4[C@H]4C[C@]2(C1)[C@H]4c1ccccc13. The van der Waals surface area contributed by atoms with E-state index in [2.05, 4.69) is 60.5 Å². The number of fused-ring (bicyclic) bond motifs is 3. The predicted molar refractivity (Wildman–Crippen MR) is 84.8 cm³/mol. The summed E-state index contributed by atoms with van der Waals surface area (Å²) in [5.74, 6) is 1.32. The van der Waals surface area contributed by atoms with E-state index in [-0.39, 0.29) is 11.0 Å². The lowest BCUT2D eigenvalue weighted by atomic mass is 9.42. The largest absolute Gasteiger partial charge is 0.349 e. The summed E-state index contributed by atoms with van der Waals surface area (Å²) in [6.45, 7) is 1.87. The van der Waals surface area contributed by atoms with Crippen LogP contribution in [-0.2, 0) is 10.3 Å². The number of nitrogens with zero attached hydrogens (tertiary/aromatic N) is 1. The van der Waals surface area contributed by atoms with Crippen molar-refractivity contribution < 1.29 is 4.74 Å². The molecule has 1 spiro atoms. The van der Waals surface area contributed by atoms with E-state index in [0.29, 0.717) is 11.8 Å².